The number of Topliss-reactive ketones (excluding diaryl/α,β-unsaturated/α-hetero) is 1. The summed E-state index contributed by atoms with van der Waals surface area (Å²) >= 11 is 0. The quantitative estimate of drug-likeness (QED) is 0.413. The van der Waals surface area contributed by atoms with E-state index in [1.807, 2.05) is 47.6 Å². The zero-order valence-corrected chi connectivity index (χ0v) is 17.5. The van der Waals surface area contributed by atoms with Gasteiger partial charge in [-0.15, -0.1) is 0 Å². The van der Waals surface area contributed by atoms with Crippen LogP contribution in [0.3, 0.4) is 0 Å². The van der Waals surface area contributed by atoms with Crippen molar-refractivity contribution in [3.63, 3.8) is 0 Å². The lowest BCUT2D eigenvalue weighted by molar-refractivity contribution is 0.0933. The molecule has 164 valence electrons. The molecule has 4 rings (SSSR count). The van der Waals surface area contributed by atoms with E-state index in [0.717, 1.165) is 5.56 Å². The van der Waals surface area contributed by atoms with E-state index in [0.29, 0.717) is 35.9 Å². The Hall–Kier alpha value is -4.00. The van der Waals surface area contributed by atoms with E-state index < -0.39 is 0 Å². The highest BCUT2D eigenvalue weighted by Crippen LogP contribution is 2.27. The molecule has 0 aliphatic carbocycles. The van der Waals surface area contributed by atoms with Gasteiger partial charge in [-0.05, 0) is 35.9 Å². The van der Waals surface area contributed by atoms with Gasteiger partial charge in [0.05, 0.1) is 19.8 Å². The van der Waals surface area contributed by atoms with Crippen LogP contribution in [0, 0.1) is 5.82 Å². The van der Waals surface area contributed by atoms with Gasteiger partial charge in [-0.1, -0.05) is 30.3 Å². The Kier molecular flexibility index (Phi) is 6.26. The number of carbonyl (C=O) groups is 1. The van der Waals surface area contributed by atoms with E-state index in [2.05, 4.69) is 4.90 Å². The molecule has 0 radical (unpaired) electrons. The third kappa shape index (κ3) is 5.37. The predicted molar refractivity (Wildman–Crippen MR) is 123 cm³/mol. The van der Waals surface area contributed by atoms with Crippen LogP contribution < -0.4 is 16.2 Å². The van der Waals surface area contributed by atoms with Crippen molar-refractivity contribution in [2.45, 2.75) is 6.10 Å². The highest BCUT2D eigenvalue weighted by atomic mass is 19.1. The number of hydrogen-bond acceptors (Lipinski definition) is 6. The molecule has 4 N–H and O–H groups in total. The maximum atomic E-state index is 13.1. The fraction of sp³-hybridized carbons (Fsp3) is 0.160. The molecule has 0 bridgehead atoms. The van der Waals surface area contributed by atoms with Gasteiger partial charge in [-0.25, -0.2) is 4.39 Å². The first-order chi connectivity index (χ1) is 15.5. The molecular weight excluding hydrogens is 407 g/mol. The molecule has 0 fully saturated rings. The van der Waals surface area contributed by atoms with E-state index in [9.17, 15) is 9.18 Å². The first-order valence-corrected chi connectivity index (χ1v) is 10.3. The second-order valence-corrected chi connectivity index (χ2v) is 7.74. The molecule has 0 saturated carbocycles. The summed E-state index contributed by atoms with van der Waals surface area (Å²) in [6.45, 7) is 1.32. The molecule has 3 aromatic carbocycles. The van der Waals surface area contributed by atoms with E-state index in [-0.39, 0.29) is 24.2 Å². The zero-order chi connectivity index (χ0) is 22.5. The molecule has 0 aromatic heterocycles. The second kappa shape index (κ2) is 9.43. The van der Waals surface area contributed by atoms with E-state index in [4.69, 9.17) is 16.2 Å². The molecule has 0 amide bonds. The fourth-order valence-corrected chi connectivity index (χ4v) is 3.62. The van der Waals surface area contributed by atoms with E-state index in [1.165, 1.54) is 24.3 Å². The summed E-state index contributed by atoms with van der Waals surface area (Å²) in [6.07, 6.45) is 3.54. The number of rotatable bonds is 8. The van der Waals surface area contributed by atoms with Crippen molar-refractivity contribution in [2.75, 3.05) is 31.2 Å². The van der Waals surface area contributed by atoms with Crippen LogP contribution in [-0.4, -0.2) is 35.3 Å². The highest BCUT2D eigenvalue weighted by molar-refractivity contribution is 5.97. The van der Waals surface area contributed by atoms with Crippen molar-refractivity contribution in [1.29, 1.82) is 0 Å². The number of halogens is 1. The van der Waals surface area contributed by atoms with Gasteiger partial charge in [-0.3, -0.25) is 4.79 Å². The number of nitrogens with two attached hydrogens (primary N) is 2. The zero-order valence-electron chi connectivity index (χ0n) is 17.5. The summed E-state index contributed by atoms with van der Waals surface area (Å²) in [5, 5.41) is 0. The normalized spacial score (nSPS) is 13.9. The minimum atomic E-state index is -0.359. The summed E-state index contributed by atoms with van der Waals surface area (Å²) in [6, 6.07) is 20.7. The van der Waals surface area contributed by atoms with Gasteiger partial charge in [0.1, 0.15) is 17.7 Å². The van der Waals surface area contributed by atoms with Crippen LogP contribution in [0.2, 0.25) is 0 Å². The largest absolute Gasteiger partial charge is 0.484 e. The van der Waals surface area contributed by atoms with Crippen molar-refractivity contribution >= 4 is 17.2 Å². The van der Waals surface area contributed by atoms with Gasteiger partial charge in [0.15, 0.2) is 5.78 Å². The van der Waals surface area contributed by atoms with Gasteiger partial charge in [0.2, 0.25) is 0 Å². The lowest BCUT2D eigenvalue weighted by atomic mass is 10.1. The van der Waals surface area contributed by atoms with Crippen LogP contribution in [0.25, 0.3) is 0 Å². The number of ketones is 1. The van der Waals surface area contributed by atoms with Crippen LogP contribution in [0.15, 0.2) is 85.2 Å². The number of ether oxygens (including phenoxy) is 1. The van der Waals surface area contributed by atoms with Gasteiger partial charge in [0, 0.05) is 41.5 Å². The summed E-state index contributed by atoms with van der Waals surface area (Å²) in [4.78, 5) is 16.5. The van der Waals surface area contributed by atoms with Crippen molar-refractivity contribution in [1.82, 2.24) is 9.80 Å². The lowest BCUT2D eigenvalue weighted by Crippen LogP contribution is -2.33. The number of carbonyl (C=O) groups excluding carboxylic acids is 1. The molecular formula is C25H25FN4O2. The van der Waals surface area contributed by atoms with Crippen LogP contribution in [-0.2, 0) is 0 Å². The van der Waals surface area contributed by atoms with E-state index >= 15 is 0 Å². The standard InChI is InChI=1S/C25H25FN4O2/c26-20-8-6-18(7-9-20)24(31)15-29-10-11-30(17-29)16-25(19-4-2-1-3-5-19)32-23-13-21(27)12-22(28)14-23/h1-14,25H,15-17,27-28H2. The summed E-state index contributed by atoms with van der Waals surface area (Å²) in [5.74, 6) is 0.174. The summed E-state index contributed by atoms with van der Waals surface area (Å²) in [5.41, 5.74) is 14.4. The maximum Gasteiger partial charge on any atom is 0.182 e. The molecule has 0 saturated heterocycles. The van der Waals surface area contributed by atoms with Crippen molar-refractivity contribution < 1.29 is 13.9 Å². The number of anilines is 2. The van der Waals surface area contributed by atoms with E-state index in [1.54, 1.807) is 18.2 Å². The Morgan fingerprint density at radius 1 is 0.938 bits per heavy atom. The molecule has 32 heavy (non-hydrogen) atoms. The number of benzene rings is 3. The van der Waals surface area contributed by atoms with Crippen molar-refractivity contribution in [3.05, 3.63) is 102 Å². The molecule has 0 spiro atoms. The monoisotopic (exact) mass is 432 g/mol. The van der Waals surface area contributed by atoms with Crippen LogP contribution in [0.5, 0.6) is 5.75 Å². The number of nitrogen functional groups attached to an aromatic ring is 2. The lowest BCUT2D eigenvalue weighted by Gasteiger charge is -2.27. The molecule has 7 heteroatoms. The Morgan fingerprint density at radius 2 is 1.59 bits per heavy atom. The molecule has 1 unspecified atom stereocenters. The van der Waals surface area contributed by atoms with Crippen LogP contribution in [0.1, 0.15) is 22.0 Å². The third-order valence-corrected chi connectivity index (χ3v) is 5.17. The Bertz CT molecular complexity index is 1080. The molecule has 1 atom stereocenters. The minimum Gasteiger partial charge on any atom is -0.484 e. The first kappa shape index (κ1) is 21.2. The van der Waals surface area contributed by atoms with Gasteiger partial charge in [-0.2, -0.15) is 0 Å². The Balaban J connectivity index is 1.42. The molecule has 6 nitrogen and oxygen atoms in total. The Morgan fingerprint density at radius 3 is 2.28 bits per heavy atom. The topological polar surface area (TPSA) is 84.8 Å². The summed E-state index contributed by atoms with van der Waals surface area (Å²) in [7, 11) is 0. The second-order valence-electron chi connectivity index (χ2n) is 7.74. The average Bonchev–Trinajstić information content (AvgIpc) is 3.20. The van der Waals surface area contributed by atoms with Crippen LogP contribution >= 0.6 is 0 Å². The number of hydrogen-bond donors (Lipinski definition) is 2. The molecule has 1 heterocycles. The fourth-order valence-electron chi connectivity index (χ4n) is 3.62. The number of nitrogens with zero attached hydrogens (tertiary/aromatic N) is 2. The SMILES string of the molecule is Nc1cc(N)cc(OC(CN2C=CN(CC(=O)c3ccc(F)cc3)C2)c2ccccc2)c1. The first-order valence-electron chi connectivity index (χ1n) is 10.3. The highest BCUT2D eigenvalue weighted by Gasteiger charge is 2.22. The van der Waals surface area contributed by atoms with Gasteiger partial charge >= 0.3 is 0 Å². The predicted octanol–water partition coefficient (Wildman–Crippen LogP) is 4.04. The van der Waals surface area contributed by atoms with Gasteiger partial charge < -0.3 is 26.0 Å². The molecule has 1 aliphatic rings. The smallest absolute Gasteiger partial charge is 0.182 e. The maximum absolute atomic E-state index is 13.1. The molecule has 1 aliphatic heterocycles. The average molecular weight is 432 g/mol. The Labute approximate surface area is 186 Å². The minimum absolute atomic E-state index is 0.0670. The van der Waals surface area contributed by atoms with Crippen molar-refractivity contribution in [2.24, 2.45) is 0 Å². The van der Waals surface area contributed by atoms with Gasteiger partial charge in [0.25, 0.3) is 0 Å². The third-order valence-electron chi connectivity index (χ3n) is 5.17. The van der Waals surface area contributed by atoms with Crippen LogP contribution in [0.4, 0.5) is 15.8 Å². The molecule has 3 aromatic rings. The van der Waals surface area contributed by atoms with Crippen molar-refractivity contribution in [3.8, 4) is 5.75 Å². The summed E-state index contributed by atoms with van der Waals surface area (Å²) < 4.78 is 19.4.